The van der Waals surface area contributed by atoms with Crippen molar-refractivity contribution in [3.05, 3.63) is 16.6 Å². The molecule has 0 radical (unpaired) electrons. The molecule has 3 heterocycles. The molecule has 0 bridgehead atoms. The number of rotatable bonds is 4. The molecule has 2 saturated heterocycles. The van der Waals surface area contributed by atoms with Crippen molar-refractivity contribution in [1.82, 2.24) is 15.2 Å². The first-order valence-corrected chi connectivity index (χ1v) is 8.20. The minimum absolute atomic E-state index is 0. The molecule has 2 aliphatic rings. The number of ether oxygens (including phenoxy) is 1. The molecule has 1 aromatic rings. The van der Waals surface area contributed by atoms with Gasteiger partial charge in [0.1, 0.15) is 11.1 Å². The third-order valence-corrected chi connectivity index (χ3v) is 4.94. The summed E-state index contributed by atoms with van der Waals surface area (Å²) in [6, 6.07) is 0. The topological polar surface area (TPSA) is 54.5 Å². The van der Waals surface area contributed by atoms with Crippen LogP contribution in [0.5, 0.6) is 0 Å². The van der Waals surface area contributed by atoms with Gasteiger partial charge in [0.2, 0.25) is 5.91 Å². The van der Waals surface area contributed by atoms with Gasteiger partial charge in [0.05, 0.1) is 13.2 Å². The third kappa shape index (κ3) is 5.06. The van der Waals surface area contributed by atoms with Gasteiger partial charge in [-0.1, -0.05) is 0 Å². The second-order valence-corrected chi connectivity index (χ2v) is 6.39. The van der Waals surface area contributed by atoms with E-state index in [1.807, 2.05) is 10.3 Å². The van der Waals surface area contributed by atoms with Gasteiger partial charge in [-0.15, -0.1) is 36.2 Å². The number of thiazole rings is 1. The lowest BCUT2D eigenvalue weighted by Gasteiger charge is -2.32. The van der Waals surface area contributed by atoms with E-state index in [0.29, 0.717) is 32.0 Å². The van der Waals surface area contributed by atoms with Crippen molar-refractivity contribution in [2.45, 2.75) is 25.4 Å². The summed E-state index contributed by atoms with van der Waals surface area (Å²) in [5.41, 5.74) is 0. The van der Waals surface area contributed by atoms with Gasteiger partial charge in [0.25, 0.3) is 0 Å². The van der Waals surface area contributed by atoms with E-state index >= 15 is 0 Å². The minimum atomic E-state index is -0.0409. The predicted molar refractivity (Wildman–Crippen MR) is 92.1 cm³/mol. The number of nitrogens with zero attached hydrogens (tertiary/aromatic N) is 2. The van der Waals surface area contributed by atoms with Crippen molar-refractivity contribution in [2.24, 2.45) is 5.92 Å². The van der Waals surface area contributed by atoms with E-state index in [2.05, 4.69) is 10.3 Å². The second kappa shape index (κ2) is 9.67. The fourth-order valence-corrected chi connectivity index (χ4v) is 3.54. The average Bonchev–Trinajstić information content (AvgIpc) is 3.18. The smallest absolute Gasteiger partial charge is 0.222 e. The van der Waals surface area contributed by atoms with Crippen molar-refractivity contribution in [2.75, 3.05) is 32.8 Å². The van der Waals surface area contributed by atoms with Gasteiger partial charge in [-0.3, -0.25) is 4.79 Å². The highest BCUT2D eigenvalue weighted by molar-refractivity contribution is 7.09. The first-order chi connectivity index (χ1) is 9.83. The van der Waals surface area contributed by atoms with Gasteiger partial charge in [-0.05, 0) is 31.8 Å². The largest absolute Gasteiger partial charge is 0.367 e. The molecule has 3 rings (SSSR count). The summed E-state index contributed by atoms with van der Waals surface area (Å²) in [7, 11) is 0. The van der Waals surface area contributed by atoms with Crippen LogP contribution in [0.25, 0.3) is 0 Å². The molecule has 0 aliphatic carbocycles. The number of aromatic nitrogens is 1. The Hall–Kier alpha value is -0.400. The molecule has 2 fully saturated rings. The maximum absolute atomic E-state index is 12.3. The summed E-state index contributed by atoms with van der Waals surface area (Å²) < 4.78 is 5.72. The highest BCUT2D eigenvalue weighted by Gasteiger charge is 2.27. The Morgan fingerprint density at radius 3 is 3.05 bits per heavy atom. The normalized spacial score (nSPS) is 24.5. The summed E-state index contributed by atoms with van der Waals surface area (Å²) in [4.78, 5) is 18.5. The molecule has 2 aliphatic heterocycles. The van der Waals surface area contributed by atoms with Crippen LogP contribution in [0.2, 0.25) is 0 Å². The lowest BCUT2D eigenvalue weighted by atomic mass is 10.0. The lowest BCUT2D eigenvalue weighted by molar-refractivity contribution is -0.139. The number of amides is 1. The van der Waals surface area contributed by atoms with Crippen molar-refractivity contribution in [1.29, 1.82) is 0 Å². The fraction of sp³-hybridized carbons (Fsp3) is 0.714. The molecule has 1 N–H and O–H groups in total. The quantitative estimate of drug-likeness (QED) is 0.886. The Bertz CT molecular complexity index is 441. The number of nitrogens with one attached hydrogen (secondary N) is 1. The number of carbonyl (C=O) groups excluding carboxylic acids is 1. The summed E-state index contributed by atoms with van der Waals surface area (Å²) in [5, 5.41) is 6.27. The van der Waals surface area contributed by atoms with Crippen molar-refractivity contribution in [3.8, 4) is 0 Å². The van der Waals surface area contributed by atoms with Gasteiger partial charge in [0.15, 0.2) is 0 Å². The van der Waals surface area contributed by atoms with Gasteiger partial charge in [-0.2, -0.15) is 0 Å². The number of morpholine rings is 1. The third-order valence-electron chi connectivity index (χ3n) is 4.07. The van der Waals surface area contributed by atoms with Crippen LogP contribution in [0.3, 0.4) is 0 Å². The zero-order valence-electron chi connectivity index (χ0n) is 12.4. The molecular formula is C14H23Cl2N3O2S. The number of hydrogen-bond donors (Lipinski definition) is 1. The van der Waals surface area contributed by atoms with Crippen molar-refractivity contribution >= 4 is 42.1 Å². The highest BCUT2D eigenvalue weighted by Crippen LogP contribution is 2.24. The first kappa shape index (κ1) is 19.6. The first-order valence-electron chi connectivity index (χ1n) is 7.32. The predicted octanol–water partition coefficient (Wildman–Crippen LogP) is 2.28. The van der Waals surface area contributed by atoms with E-state index < -0.39 is 0 Å². The number of halogens is 2. The Kier molecular flexibility index (Phi) is 8.64. The Balaban J connectivity index is 0.00000121. The van der Waals surface area contributed by atoms with E-state index in [1.54, 1.807) is 17.5 Å². The van der Waals surface area contributed by atoms with Gasteiger partial charge in [-0.25, -0.2) is 4.98 Å². The zero-order valence-corrected chi connectivity index (χ0v) is 14.9. The van der Waals surface area contributed by atoms with Crippen LogP contribution in [0.1, 0.15) is 30.4 Å². The lowest BCUT2D eigenvalue weighted by Crippen LogP contribution is -2.42. The van der Waals surface area contributed by atoms with Crippen LogP contribution in [-0.2, 0) is 9.53 Å². The van der Waals surface area contributed by atoms with Gasteiger partial charge >= 0.3 is 0 Å². The summed E-state index contributed by atoms with van der Waals surface area (Å²) in [6.07, 6.45) is 4.62. The van der Waals surface area contributed by atoms with Gasteiger partial charge in [0, 0.05) is 24.5 Å². The molecule has 126 valence electrons. The molecule has 5 nitrogen and oxygen atoms in total. The van der Waals surface area contributed by atoms with Crippen LogP contribution in [-0.4, -0.2) is 48.6 Å². The fourth-order valence-electron chi connectivity index (χ4n) is 2.87. The molecule has 22 heavy (non-hydrogen) atoms. The molecule has 2 unspecified atom stereocenters. The Morgan fingerprint density at radius 2 is 2.36 bits per heavy atom. The molecule has 2 atom stereocenters. The Morgan fingerprint density at radius 1 is 1.50 bits per heavy atom. The Labute approximate surface area is 147 Å². The van der Waals surface area contributed by atoms with E-state index in [4.69, 9.17) is 4.74 Å². The number of carbonyl (C=O) groups is 1. The molecule has 0 aromatic carbocycles. The average molecular weight is 368 g/mol. The van der Waals surface area contributed by atoms with E-state index in [0.717, 1.165) is 24.5 Å². The minimum Gasteiger partial charge on any atom is -0.367 e. The van der Waals surface area contributed by atoms with E-state index in [9.17, 15) is 4.79 Å². The van der Waals surface area contributed by atoms with Crippen LogP contribution < -0.4 is 5.32 Å². The summed E-state index contributed by atoms with van der Waals surface area (Å²) in [6.45, 7) is 4.14. The maximum Gasteiger partial charge on any atom is 0.222 e. The van der Waals surface area contributed by atoms with Crippen molar-refractivity contribution in [3.63, 3.8) is 0 Å². The van der Waals surface area contributed by atoms with E-state index in [-0.39, 0.29) is 36.8 Å². The van der Waals surface area contributed by atoms with Crippen LogP contribution in [0.15, 0.2) is 11.6 Å². The second-order valence-electron chi connectivity index (χ2n) is 5.47. The molecule has 1 amide bonds. The van der Waals surface area contributed by atoms with E-state index in [1.165, 1.54) is 6.42 Å². The molecule has 8 heteroatoms. The maximum atomic E-state index is 12.3. The monoisotopic (exact) mass is 367 g/mol. The summed E-state index contributed by atoms with van der Waals surface area (Å²) >= 11 is 1.59. The number of hydrogen-bond acceptors (Lipinski definition) is 5. The van der Waals surface area contributed by atoms with Crippen LogP contribution in [0.4, 0.5) is 0 Å². The van der Waals surface area contributed by atoms with Crippen LogP contribution in [0, 0.1) is 5.92 Å². The molecular weight excluding hydrogens is 345 g/mol. The molecule has 1 aromatic heterocycles. The van der Waals surface area contributed by atoms with Crippen LogP contribution >= 0.6 is 36.2 Å². The highest BCUT2D eigenvalue weighted by atomic mass is 35.5. The zero-order chi connectivity index (χ0) is 13.8. The van der Waals surface area contributed by atoms with Crippen molar-refractivity contribution < 1.29 is 9.53 Å². The molecule has 0 spiro atoms. The van der Waals surface area contributed by atoms with Gasteiger partial charge < -0.3 is 15.0 Å². The standard InChI is InChI=1S/C14H21N3O2S.2ClH/c18-13(2-1-11-3-4-15-9-11)17-6-7-19-12(10-17)14-16-5-8-20-14;;/h5,8,11-12,15H,1-4,6-7,9-10H2;2*1H. The SMILES string of the molecule is Cl.Cl.O=C(CCC1CCNC1)N1CCOC(c2nccs2)C1. The molecule has 0 saturated carbocycles. The summed E-state index contributed by atoms with van der Waals surface area (Å²) in [5.74, 6) is 0.941.